The molecule has 0 amide bonds. The van der Waals surface area contributed by atoms with E-state index >= 15 is 0 Å². The predicted molar refractivity (Wildman–Crippen MR) is 89.3 cm³/mol. The molecule has 3 rings (SSSR count). The van der Waals surface area contributed by atoms with Crippen molar-refractivity contribution >= 4 is 23.1 Å². The van der Waals surface area contributed by atoms with Gasteiger partial charge in [0, 0.05) is 24.5 Å². The van der Waals surface area contributed by atoms with Crippen molar-refractivity contribution in [1.82, 2.24) is 19.9 Å². The van der Waals surface area contributed by atoms with Gasteiger partial charge < -0.3 is 10.1 Å². The van der Waals surface area contributed by atoms with Crippen molar-refractivity contribution in [3.63, 3.8) is 0 Å². The summed E-state index contributed by atoms with van der Waals surface area (Å²) in [6.45, 7) is 0. The summed E-state index contributed by atoms with van der Waals surface area (Å²) >= 11 is 6.08. The molecule has 0 saturated heterocycles. The quantitative estimate of drug-likeness (QED) is 0.724. The monoisotopic (exact) mass is 381 g/mol. The van der Waals surface area contributed by atoms with Crippen LogP contribution in [0.4, 0.5) is 24.7 Å². The number of nitrogens with one attached hydrogen (secondary N) is 1. The number of anilines is 2. The highest BCUT2D eigenvalue weighted by Gasteiger charge is 2.34. The van der Waals surface area contributed by atoms with E-state index in [1.807, 2.05) is 0 Å². The number of hydrogen-bond donors (Lipinski definition) is 1. The first-order chi connectivity index (χ1) is 12.4. The first-order valence-electron chi connectivity index (χ1n) is 7.21. The molecule has 0 saturated carbocycles. The Morgan fingerprint density at radius 1 is 1.04 bits per heavy atom. The molecule has 134 valence electrons. The summed E-state index contributed by atoms with van der Waals surface area (Å²) in [5.74, 6) is 0.0823. The van der Waals surface area contributed by atoms with E-state index in [1.54, 1.807) is 12.1 Å². The minimum Gasteiger partial charge on any atom is -0.497 e. The maximum atomic E-state index is 13.2. The van der Waals surface area contributed by atoms with Gasteiger partial charge in [0.25, 0.3) is 0 Å². The topological polar surface area (TPSA) is 72.8 Å². The third kappa shape index (κ3) is 3.99. The smallest absolute Gasteiger partial charge is 0.433 e. The van der Waals surface area contributed by atoms with Gasteiger partial charge in [0.2, 0.25) is 0 Å². The Kier molecular flexibility index (Phi) is 4.90. The van der Waals surface area contributed by atoms with Gasteiger partial charge in [0.1, 0.15) is 11.6 Å². The number of rotatable bonds is 4. The van der Waals surface area contributed by atoms with Crippen molar-refractivity contribution in [1.29, 1.82) is 0 Å². The molecule has 26 heavy (non-hydrogen) atoms. The van der Waals surface area contributed by atoms with Crippen LogP contribution in [0.25, 0.3) is 11.6 Å². The summed E-state index contributed by atoms with van der Waals surface area (Å²) < 4.78 is 44.7. The molecule has 0 spiro atoms. The first-order valence-corrected chi connectivity index (χ1v) is 7.59. The Morgan fingerprint density at radius 3 is 2.42 bits per heavy atom. The fourth-order valence-corrected chi connectivity index (χ4v) is 2.20. The zero-order valence-corrected chi connectivity index (χ0v) is 14.0. The van der Waals surface area contributed by atoms with Gasteiger partial charge in [-0.2, -0.15) is 13.2 Å². The lowest BCUT2D eigenvalue weighted by Gasteiger charge is -2.13. The lowest BCUT2D eigenvalue weighted by Crippen LogP contribution is -2.11. The SMILES string of the molecule is COc1ccc(Cl)c(Nc2cc(C(F)(F)F)nc(-c3ncccn3)n2)c1. The molecule has 10 heteroatoms. The molecule has 0 unspecified atom stereocenters. The van der Waals surface area contributed by atoms with E-state index in [-0.39, 0.29) is 22.5 Å². The molecular weight excluding hydrogens is 371 g/mol. The zero-order valence-electron chi connectivity index (χ0n) is 13.3. The largest absolute Gasteiger partial charge is 0.497 e. The third-order valence-electron chi connectivity index (χ3n) is 3.22. The summed E-state index contributed by atoms with van der Waals surface area (Å²) in [7, 11) is 1.46. The fraction of sp³-hybridized carbons (Fsp3) is 0.125. The molecule has 0 aliphatic rings. The van der Waals surface area contributed by atoms with E-state index in [9.17, 15) is 13.2 Å². The molecular formula is C16H11ClF3N5O. The number of ether oxygens (including phenoxy) is 1. The van der Waals surface area contributed by atoms with Crippen LogP contribution in [0.3, 0.4) is 0 Å². The molecule has 1 aromatic carbocycles. The molecule has 2 heterocycles. The van der Waals surface area contributed by atoms with Crippen LogP contribution in [0.5, 0.6) is 5.75 Å². The average molecular weight is 382 g/mol. The maximum Gasteiger partial charge on any atom is 0.433 e. The van der Waals surface area contributed by atoms with Crippen molar-refractivity contribution in [3.05, 3.63) is 53.4 Å². The normalized spacial score (nSPS) is 11.3. The molecule has 0 atom stereocenters. The van der Waals surface area contributed by atoms with Gasteiger partial charge in [-0.25, -0.2) is 19.9 Å². The Bertz CT molecular complexity index is 922. The van der Waals surface area contributed by atoms with Crippen LogP contribution in [-0.2, 0) is 6.18 Å². The van der Waals surface area contributed by atoms with Gasteiger partial charge in [-0.05, 0) is 18.2 Å². The lowest BCUT2D eigenvalue weighted by atomic mass is 10.3. The maximum absolute atomic E-state index is 13.2. The summed E-state index contributed by atoms with van der Waals surface area (Å²) in [4.78, 5) is 15.4. The van der Waals surface area contributed by atoms with Gasteiger partial charge >= 0.3 is 6.18 Å². The number of halogens is 4. The minimum atomic E-state index is -4.67. The fourth-order valence-electron chi connectivity index (χ4n) is 2.04. The van der Waals surface area contributed by atoms with Crippen LogP contribution < -0.4 is 10.1 Å². The van der Waals surface area contributed by atoms with E-state index in [0.717, 1.165) is 6.07 Å². The number of methoxy groups -OCH3 is 1. The molecule has 0 aliphatic heterocycles. The van der Waals surface area contributed by atoms with Gasteiger partial charge in [0.05, 0.1) is 17.8 Å². The average Bonchev–Trinajstić information content (AvgIpc) is 2.63. The molecule has 2 aromatic heterocycles. The van der Waals surface area contributed by atoms with E-state index in [0.29, 0.717) is 11.4 Å². The van der Waals surface area contributed by atoms with Crippen LogP contribution in [0, 0.1) is 0 Å². The van der Waals surface area contributed by atoms with Crippen molar-refractivity contribution < 1.29 is 17.9 Å². The Labute approximate surface area is 151 Å². The number of aromatic nitrogens is 4. The molecule has 0 bridgehead atoms. The second-order valence-electron chi connectivity index (χ2n) is 5.00. The van der Waals surface area contributed by atoms with Crippen molar-refractivity contribution in [2.45, 2.75) is 6.18 Å². The number of nitrogens with zero attached hydrogens (tertiary/aromatic N) is 4. The lowest BCUT2D eigenvalue weighted by molar-refractivity contribution is -0.141. The van der Waals surface area contributed by atoms with Crippen molar-refractivity contribution in [2.24, 2.45) is 0 Å². The highest BCUT2D eigenvalue weighted by Crippen LogP contribution is 2.33. The van der Waals surface area contributed by atoms with Gasteiger partial charge in [0.15, 0.2) is 17.3 Å². The Balaban J connectivity index is 2.07. The van der Waals surface area contributed by atoms with Crippen molar-refractivity contribution in [3.8, 4) is 17.4 Å². The van der Waals surface area contributed by atoms with Crippen LogP contribution in [0.1, 0.15) is 5.69 Å². The van der Waals surface area contributed by atoms with Crippen LogP contribution >= 0.6 is 11.6 Å². The standard InChI is InChI=1S/C16H11ClF3N5O/c1-26-9-3-4-10(17)11(7-9)23-13-8-12(16(18,19)20)24-15(25-13)14-21-5-2-6-22-14/h2-8H,1H3,(H,23,24,25). The predicted octanol–water partition coefficient (Wildman–Crippen LogP) is 4.36. The van der Waals surface area contributed by atoms with E-state index in [1.165, 1.54) is 31.6 Å². The second-order valence-corrected chi connectivity index (χ2v) is 5.41. The van der Waals surface area contributed by atoms with Crippen LogP contribution in [0.15, 0.2) is 42.7 Å². The second kappa shape index (κ2) is 7.12. The Morgan fingerprint density at radius 2 is 1.77 bits per heavy atom. The molecule has 3 aromatic rings. The molecule has 0 aliphatic carbocycles. The summed E-state index contributed by atoms with van der Waals surface area (Å²) in [5, 5.41) is 3.04. The van der Waals surface area contributed by atoms with Gasteiger partial charge in [-0.3, -0.25) is 0 Å². The molecule has 0 fully saturated rings. The summed E-state index contributed by atoms with van der Waals surface area (Å²) in [6, 6.07) is 7.03. The Hall–Kier alpha value is -2.94. The van der Waals surface area contributed by atoms with E-state index in [2.05, 4.69) is 25.3 Å². The zero-order chi connectivity index (χ0) is 18.7. The van der Waals surface area contributed by atoms with E-state index < -0.39 is 11.9 Å². The summed E-state index contributed by atoms with van der Waals surface area (Å²) in [6.07, 6.45) is -1.89. The molecule has 6 nitrogen and oxygen atoms in total. The molecule has 1 N–H and O–H groups in total. The van der Waals surface area contributed by atoms with Crippen LogP contribution in [-0.4, -0.2) is 27.0 Å². The summed E-state index contributed by atoms with van der Waals surface area (Å²) in [5.41, 5.74) is -0.797. The highest BCUT2D eigenvalue weighted by atomic mass is 35.5. The van der Waals surface area contributed by atoms with Gasteiger partial charge in [-0.15, -0.1) is 0 Å². The van der Waals surface area contributed by atoms with Gasteiger partial charge in [-0.1, -0.05) is 11.6 Å². The minimum absolute atomic E-state index is 0.0293. The highest BCUT2D eigenvalue weighted by molar-refractivity contribution is 6.33. The third-order valence-corrected chi connectivity index (χ3v) is 3.55. The van der Waals surface area contributed by atoms with Crippen molar-refractivity contribution in [2.75, 3.05) is 12.4 Å². The number of hydrogen-bond acceptors (Lipinski definition) is 6. The van der Waals surface area contributed by atoms with Crippen LogP contribution in [0.2, 0.25) is 5.02 Å². The first kappa shape index (κ1) is 17.9. The van der Waals surface area contributed by atoms with E-state index in [4.69, 9.17) is 16.3 Å². The number of benzene rings is 1. The number of alkyl halides is 3. The molecule has 0 radical (unpaired) electrons.